The van der Waals surface area contributed by atoms with Crippen molar-refractivity contribution in [3.05, 3.63) is 41.2 Å². The largest absolute Gasteiger partial charge is 0.444 e. The SMILES string of the molecule is CSc1cccc(NC(=O)c2c3c(nn2C)CCN(C(=O)OC(C)(C)C)C3)c1. The number of carbonyl (C=O) groups is 2. The summed E-state index contributed by atoms with van der Waals surface area (Å²) in [5.41, 5.74) is 2.27. The highest BCUT2D eigenvalue weighted by Crippen LogP contribution is 2.25. The van der Waals surface area contributed by atoms with E-state index in [2.05, 4.69) is 10.4 Å². The lowest BCUT2D eigenvalue weighted by Crippen LogP contribution is -2.40. The van der Waals surface area contributed by atoms with Crippen LogP contribution < -0.4 is 5.32 Å². The molecule has 1 aliphatic heterocycles. The van der Waals surface area contributed by atoms with Gasteiger partial charge < -0.3 is 15.0 Å². The number of amides is 2. The van der Waals surface area contributed by atoms with Gasteiger partial charge in [0.05, 0.1) is 12.2 Å². The standard InChI is InChI=1S/C20H26N4O3S/c1-20(2,3)27-19(26)24-10-9-16-15(12-24)17(23(4)22-16)18(25)21-13-7-6-8-14(11-13)28-5/h6-8,11H,9-10,12H2,1-5H3,(H,21,25). The van der Waals surface area contributed by atoms with E-state index in [0.717, 1.165) is 21.8 Å². The molecule has 0 unspecified atom stereocenters. The summed E-state index contributed by atoms with van der Waals surface area (Å²) in [6, 6.07) is 7.68. The van der Waals surface area contributed by atoms with E-state index in [-0.39, 0.29) is 12.0 Å². The monoisotopic (exact) mass is 402 g/mol. The molecule has 0 bridgehead atoms. The van der Waals surface area contributed by atoms with Crippen LogP contribution in [0, 0.1) is 0 Å². The molecule has 2 aromatic rings. The molecule has 0 aliphatic carbocycles. The Hall–Kier alpha value is -2.48. The van der Waals surface area contributed by atoms with Crippen LogP contribution in [0.5, 0.6) is 0 Å². The average molecular weight is 403 g/mol. The van der Waals surface area contributed by atoms with Crippen LogP contribution in [0.25, 0.3) is 0 Å². The third-order valence-electron chi connectivity index (χ3n) is 4.39. The van der Waals surface area contributed by atoms with Gasteiger partial charge in [0.1, 0.15) is 11.3 Å². The Morgan fingerprint density at radius 2 is 2.04 bits per heavy atom. The number of benzene rings is 1. The zero-order chi connectivity index (χ0) is 20.5. The smallest absolute Gasteiger partial charge is 0.410 e. The maximum atomic E-state index is 13.0. The summed E-state index contributed by atoms with van der Waals surface area (Å²) in [6.07, 6.45) is 2.21. The molecule has 8 heteroatoms. The number of rotatable bonds is 3. The summed E-state index contributed by atoms with van der Waals surface area (Å²) in [7, 11) is 1.75. The molecule has 0 atom stereocenters. The van der Waals surface area contributed by atoms with Crippen molar-refractivity contribution in [3.8, 4) is 0 Å². The van der Waals surface area contributed by atoms with Crippen LogP contribution in [0.4, 0.5) is 10.5 Å². The van der Waals surface area contributed by atoms with Gasteiger partial charge in [-0.2, -0.15) is 5.10 Å². The topological polar surface area (TPSA) is 76.5 Å². The molecule has 0 spiro atoms. The van der Waals surface area contributed by atoms with E-state index in [1.165, 1.54) is 0 Å². The Morgan fingerprint density at radius 3 is 2.71 bits per heavy atom. The molecule has 1 N–H and O–H groups in total. The minimum Gasteiger partial charge on any atom is -0.444 e. The molecular weight excluding hydrogens is 376 g/mol. The second kappa shape index (κ2) is 7.87. The van der Waals surface area contributed by atoms with Crippen molar-refractivity contribution in [2.75, 3.05) is 18.1 Å². The van der Waals surface area contributed by atoms with Crippen molar-refractivity contribution < 1.29 is 14.3 Å². The van der Waals surface area contributed by atoms with Crippen LogP contribution in [0.1, 0.15) is 42.5 Å². The van der Waals surface area contributed by atoms with Gasteiger partial charge in [0.15, 0.2) is 0 Å². The van der Waals surface area contributed by atoms with Crippen molar-refractivity contribution >= 4 is 29.4 Å². The summed E-state index contributed by atoms with van der Waals surface area (Å²) < 4.78 is 7.07. The number of fused-ring (bicyclic) bond motifs is 1. The van der Waals surface area contributed by atoms with Crippen molar-refractivity contribution in [1.82, 2.24) is 14.7 Å². The van der Waals surface area contributed by atoms with Crippen LogP contribution in [-0.2, 0) is 24.8 Å². The second-order valence-corrected chi connectivity index (χ2v) is 8.62. The molecule has 150 valence electrons. The number of hydrogen-bond acceptors (Lipinski definition) is 5. The number of nitrogens with one attached hydrogen (secondary N) is 1. The molecule has 28 heavy (non-hydrogen) atoms. The fourth-order valence-corrected chi connectivity index (χ4v) is 3.62. The Bertz CT molecular complexity index is 901. The zero-order valence-corrected chi connectivity index (χ0v) is 17.7. The molecule has 0 saturated carbocycles. The molecule has 2 amide bonds. The summed E-state index contributed by atoms with van der Waals surface area (Å²) in [5.74, 6) is -0.236. The Kier molecular flexibility index (Phi) is 5.69. The maximum absolute atomic E-state index is 13.0. The lowest BCUT2D eigenvalue weighted by atomic mass is 10.1. The molecule has 1 aromatic carbocycles. The van der Waals surface area contributed by atoms with Gasteiger partial charge in [-0.3, -0.25) is 9.48 Å². The molecule has 1 aliphatic rings. The van der Waals surface area contributed by atoms with Crippen molar-refractivity contribution in [2.45, 2.75) is 44.2 Å². The van der Waals surface area contributed by atoms with Crippen molar-refractivity contribution in [3.63, 3.8) is 0 Å². The molecule has 3 rings (SSSR count). The number of aryl methyl sites for hydroxylation is 1. The first-order valence-electron chi connectivity index (χ1n) is 9.16. The number of thioether (sulfide) groups is 1. The predicted molar refractivity (Wildman–Crippen MR) is 110 cm³/mol. The first-order valence-corrected chi connectivity index (χ1v) is 10.4. The fraction of sp³-hybridized carbons (Fsp3) is 0.450. The van der Waals surface area contributed by atoms with E-state index in [9.17, 15) is 9.59 Å². The van der Waals surface area contributed by atoms with Gasteiger partial charge in [0.25, 0.3) is 5.91 Å². The quantitative estimate of drug-likeness (QED) is 0.793. The number of nitrogens with zero attached hydrogens (tertiary/aromatic N) is 3. The molecule has 0 radical (unpaired) electrons. The van der Waals surface area contributed by atoms with Gasteiger partial charge in [-0.1, -0.05) is 6.07 Å². The molecule has 0 saturated heterocycles. The van der Waals surface area contributed by atoms with Crippen molar-refractivity contribution in [1.29, 1.82) is 0 Å². The first-order chi connectivity index (χ1) is 13.2. The lowest BCUT2D eigenvalue weighted by molar-refractivity contribution is 0.0222. The molecule has 7 nitrogen and oxygen atoms in total. The van der Waals surface area contributed by atoms with Gasteiger partial charge in [0.2, 0.25) is 0 Å². The summed E-state index contributed by atoms with van der Waals surface area (Å²) in [5, 5.41) is 7.43. The molecule has 2 heterocycles. The Morgan fingerprint density at radius 1 is 1.29 bits per heavy atom. The third kappa shape index (κ3) is 4.49. The first kappa shape index (κ1) is 20.3. The Labute approximate surface area is 169 Å². The van der Waals surface area contributed by atoms with E-state index in [0.29, 0.717) is 25.2 Å². The van der Waals surface area contributed by atoms with Crippen LogP contribution in [-0.4, -0.2) is 45.1 Å². The van der Waals surface area contributed by atoms with E-state index in [1.807, 2.05) is 51.3 Å². The molecule has 0 fully saturated rings. The summed E-state index contributed by atoms with van der Waals surface area (Å²) >= 11 is 1.61. The van der Waals surface area contributed by atoms with Crippen LogP contribution in [0.3, 0.4) is 0 Å². The summed E-state index contributed by atoms with van der Waals surface area (Å²) in [6.45, 7) is 6.35. The van der Waals surface area contributed by atoms with Crippen LogP contribution >= 0.6 is 11.8 Å². The fourth-order valence-electron chi connectivity index (χ4n) is 3.16. The highest BCUT2D eigenvalue weighted by molar-refractivity contribution is 7.98. The number of carbonyl (C=O) groups excluding carboxylic acids is 2. The number of aromatic nitrogens is 2. The van der Waals surface area contributed by atoms with Gasteiger partial charge in [0, 0.05) is 36.2 Å². The predicted octanol–water partition coefficient (Wildman–Crippen LogP) is 3.69. The van der Waals surface area contributed by atoms with Gasteiger partial charge in [-0.25, -0.2) is 4.79 Å². The van der Waals surface area contributed by atoms with E-state index in [4.69, 9.17) is 4.74 Å². The zero-order valence-electron chi connectivity index (χ0n) is 16.9. The van der Waals surface area contributed by atoms with E-state index < -0.39 is 5.60 Å². The van der Waals surface area contributed by atoms with E-state index in [1.54, 1.807) is 28.4 Å². The van der Waals surface area contributed by atoms with Crippen LogP contribution in [0.2, 0.25) is 0 Å². The van der Waals surface area contributed by atoms with Crippen molar-refractivity contribution in [2.24, 2.45) is 7.05 Å². The number of anilines is 1. The lowest BCUT2D eigenvalue weighted by Gasteiger charge is -2.29. The minimum absolute atomic E-state index is 0.236. The highest BCUT2D eigenvalue weighted by Gasteiger charge is 2.31. The maximum Gasteiger partial charge on any atom is 0.410 e. The number of ether oxygens (including phenoxy) is 1. The second-order valence-electron chi connectivity index (χ2n) is 7.74. The minimum atomic E-state index is -0.561. The molecular formula is C20H26N4O3S. The van der Waals surface area contributed by atoms with Gasteiger partial charge in [-0.05, 0) is 45.2 Å². The Balaban J connectivity index is 1.81. The van der Waals surface area contributed by atoms with E-state index >= 15 is 0 Å². The highest BCUT2D eigenvalue weighted by atomic mass is 32.2. The van der Waals surface area contributed by atoms with Gasteiger partial charge >= 0.3 is 6.09 Å². The molecule has 1 aromatic heterocycles. The average Bonchev–Trinajstić information content (AvgIpc) is 2.95. The normalized spacial score (nSPS) is 13.8. The summed E-state index contributed by atoms with van der Waals surface area (Å²) in [4.78, 5) is 28.1. The third-order valence-corrected chi connectivity index (χ3v) is 5.12. The van der Waals surface area contributed by atoms with Gasteiger partial charge in [-0.15, -0.1) is 11.8 Å². The van der Waals surface area contributed by atoms with Crippen LogP contribution in [0.15, 0.2) is 29.2 Å². The number of hydrogen-bond donors (Lipinski definition) is 1.